The average Bonchev–Trinajstić information content (AvgIpc) is 3.65. The lowest BCUT2D eigenvalue weighted by atomic mass is 9.94. The third-order valence-electron chi connectivity index (χ3n) is 7.09. The maximum absolute atomic E-state index is 13.5. The molecule has 2 aromatic carbocycles. The molecule has 0 aliphatic carbocycles. The maximum Gasteiger partial charge on any atom is 0.295 e. The molecular formula is C29H31N3O7. The predicted octanol–water partition coefficient (Wildman–Crippen LogP) is 3.74. The Morgan fingerprint density at radius 3 is 2.46 bits per heavy atom. The van der Waals surface area contributed by atoms with Crippen LogP contribution in [-0.2, 0) is 22.6 Å². The first-order valence-electron chi connectivity index (χ1n) is 12.7. The Labute approximate surface area is 226 Å². The minimum Gasteiger partial charge on any atom is -0.507 e. The summed E-state index contributed by atoms with van der Waals surface area (Å²) in [4.78, 5) is 32.4. The van der Waals surface area contributed by atoms with Crippen LogP contribution in [0.2, 0.25) is 0 Å². The first-order chi connectivity index (χ1) is 18.9. The van der Waals surface area contributed by atoms with E-state index in [0.29, 0.717) is 47.8 Å². The van der Waals surface area contributed by atoms with Gasteiger partial charge in [0.2, 0.25) is 5.75 Å². The Bertz CT molecular complexity index is 1410. The van der Waals surface area contributed by atoms with Crippen molar-refractivity contribution in [1.82, 2.24) is 14.5 Å². The maximum atomic E-state index is 13.5. The van der Waals surface area contributed by atoms with Crippen molar-refractivity contribution in [3.63, 3.8) is 0 Å². The molecule has 10 heteroatoms. The highest BCUT2D eigenvalue weighted by atomic mass is 16.5. The van der Waals surface area contributed by atoms with Crippen LogP contribution >= 0.6 is 0 Å². The topological polar surface area (TPSA) is 112 Å². The van der Waals surface area contributed by atoms with E-state index >= 15 is 0 Å². The van der Waals surface area contributed by atoms with Gasteiger partial charge in [-0.2, -0.15) is 0 Å². The quantitative estimate of drug-likeness (QED) is 0.252. The molecule has 0 spiro atoms. The number of ether oxygens (including phenoxy) is 4. The van der Waals surface area contributed by atoms with E-state index in [9.17, 15) is 14.7 Å². The van der Waals surface area contributed by atoms with Gasteiger partial charge in [-0.3, -0.25) is 9.59 Å². The van der Waals surface area contributed by atoms with E-state index in [2.05, 4.69) is 4.98 Å². The molecule has 1 saturated heterocycles. The van der Waals surface area contributed by atoms with Crippen LogP contribution in [0.5, 0.6) is 23.0 Å². The van der Waals surface area contributed by atoms with Crippen molar-refractivity contribution >= 4 is 17.4 Å². The number of methoxy groups -OCH3 is 3. The van der Waals surface area contributed by atoms with Gasteiger partial charge < -0.3 is 33.5 Å². The summed E-state index contributed by atoms with van der Waals surface area (Å²) in [6.45, 7) is 2.85. The van der Waals surface area contributed by atoms with Gasteiger partial charge >= 0.3 is 0 Å². The normalized spacial score (nSPS) is 19.6. The number of imidazole rings is 1. The average molecular weight is 534 g/mol. The number of aliphatic hydroxyl groups excluding tert-OH is 1. The van der Waals surface area contributed by atoms with Gasteiger partial charge in [0, 0.05) is 37.5 Å². The van der Waals surface area contributed by atoms with Gasteiger partial charge in [-0.1, -0.05) is 0 Å². The van der Waals surface area contributed by atoms with Crippen molar-refractivity contribution < 1.29 is 33.6 Å². The number of hydrogen-bond acceptors (Lipinski definition) is 8. The number of benzene rings is 2. The summed E-state index contributed by atoms with van der Waals surface area (Å²) in [7, 11) is 4.49. The number of aliphatic hydroxyl groups is 1. The number of amides is 1. The number of nitrogens with zero attached hydrogens (tertiary/aromatic N) is 3. The molecule has 10 nitrogen and oxygen atoms in total. The fraction of sp³-hybridized carbons (Fsp3) is 0.345. The summed E-state index contributed by atoms with van der Waals surface area (Å²) in [5.41, 5.74) is 1.93. The molecule has 2 atom stereocenters. The molecule has 0 unspecified atom stereocenters. The highest BCUT2D eigenvalue weighted by molar-refractivity contribution is 6.46. The molecule has 2 aliphatic heterocycles. The third kappa shape index (κ3) is 4.78. The second kappa shape index (κ2) is 10.7. The van der Waals surface area contributed by atoms with E-state index in [1.165, 1.54) is 26.2 Å². The van der Waals surface area contributed by atoms with Crippen molar-refractivity contribution in [1.29, 1.82) is 0 Å². The summed E-state index contributed by atoms with van der Waals surface area (Å²) in [6.07, 6.45) is 6.50. The molecule has 0 saturated carbocycles. The van der Waals surface area contributed by atoms with Crippen LogP contribution < -0.4 is 18.9 Å². The Balaban J connectivity index is 1.61. The molecule has 0 bridgehead atoms. The van der Waals surface area contributed by atoms with Crippen LogP contribution in [0.1, 0.15) is 36.1 Å². The lowest BCUT2D eigenvalue weighted by Gasteiger charge is -2.26. The zero-order valence-corrected chi connectivity index (χ0v) is 22.3. The summed E-state index contributed by atoms with van der Waals surface area (Å²) in [6, 6.07) is 7.82. The first-order valence-corrected chi connectivity index (χ1v) is 12.7. The molecule has 1 aromatic heterocycles. The van der Waals surface area contributed by atoms with E-state index in [4.69, 9.17) is 18.9 Å². The van der Waals surface area contributed by atoms with Crippen LogP contribution in [0, 0.1) is 0 Å². The fourth-order valence-corrected chi connectivity index (χ4v) is 5.28. The molecular weight excluding hydrogens is 502 g/mol. The van der Waals surface area contributed by atoms with Crippen LogP contribution in [0.4, 0.5) is 0 Å². The molecule has 1 fully saturated rings. The van der Waals surface area contributed by atoms with E-state index in [-0.39, 0.29) is 24.0 Å². The molecule has 3 aromatic rings. The standard InChI is InChI=1S/C29H31N3O7/c1-17-12-19-13-18(6-7-21(19)39-17)26(33)24-25(20-14-22(36-2)28(38-4)23(15-20)37-3)32(29(35)27(24)34)10-5-9-31-11-8-30-16-31/h6-8,11,13-17,25,33H,5,9-10,12H2,1-4H3/t17-,25-/m1/s1. The molecule has 0 radical (unpaired) electrons. The number of hydrogen-bond donors (Lipinski definition) is 1. The number of ketones is 1. The first kappa shape index (κ1) is 26.1. The molecule has 2 aliphatic rings. The number of carbonyl (C=O) groups is 2. The monoisotopic (exact) mass is 533 g/mol. The smallest absolute Gasteiger partial charge is 0.295 e. The van der Waals surface area contributed by atoms with Gasteiger partial charge in [-0.15, -0.1) is 0 Å². The summed E-state index contributed by atoms with van der Waals surface area (Å²) in [5, 5.41) is 11.5. The Kier molecular flexibility index (Phi) is 7.19. The highest BCUT2D eigenvalue weighted by Gasteiger charge is 2.46. The lowest BCUT2D eigenvalue weighted by molar-refractivity contribution is -0.139. The number of likely N-dealkylation sites (tertiary alicyclic amines) is 1. The van der Waals surface area contributed by atoms with Crippen LogP contribution in [0.25, 0.3) is 5.76 Å². The Morgan fingerprint density at radius 1 is 1.08 bits per heavy atom. The van der Waals surface area contributed by atoms with Gasteiger partial charge in [0.15, 0.2) is 11.5 Å². The van der Waals surface area contributed by atoms with E-state index in [0.717, 1.165) is 11.3 Å². The lowest BCUT2D eigenvalue weighted by Crippen LogP contribution is -2.31. The minimum atomic E-state index is -0.870. The van der Waals surface area contributed by atoms with Gasteiger partial charge in [0.05, 0.1) is 39.3 Å². The van der Waals surface area contributed by atoms with Crippen LogP contribution in [0.15, 0.2) is 54.6 Å². The summed E-state index contributed by atoms with van der Waals surface area (Å²) in [5.74, 6) is 0.206. The number of carbonyl (C=O) groups excluding carboxylic acids is 2. The van der Waals surface area contributed by atoms with E-state index < -0.39 is 17.7 Å². The molecule has 39 heavy (non-hydrogen) atoms. The van der Waals surface area contributed by atoms with Gasteiger partial charge in [0.1, 0.15) is 17.6 Å². The number of fused-ring (bicyclic) bond motifs is 1. The predicted molar refractivity (Wildman–Crippen MR) is 142 cm³/mol. The van der Waals surface area contributed by atoms with E-state index in [1.807, 2.05) is 23.8 Å². The van der Waals surface area contributed by atoms with Gasteiger partial charge in [0.25, 0.3) is 11.7 Å². The van der Waals surface area contributed by atoms with Crippen molar-refractivity contribution in [2.45, 2.75) is 38.5 Å². The van der Waals surface area contributed by atoms with Crippen LogP contribution in [-0.4, -0.2) is 65.2 Å². The number of aromatic nitrogens is 2. The highest BCUT2D eigenvalue weighted by Crippen LogP contribution is 2.46. The second-order valence-corrected chi connectivity index (χ2v) is 9.56. The Hall–Kier alpha value is -4.47. The number of Topliss-reactive ketones (excluding diaryl/α,β-unsaturated/α-hetero) is 1. The minimum absolute atomic E-state index is 0.00353. The van der Waals surface area contributed by atoms with Gasteiger partial charge in [-0.25, -0.2) is 4.98 Å². The van der Waals surface area contributed by atoms with Crippen molar-refractivity contribution in [3.05, 3.63) is 71.3 Å². The van der Waals surface area contributed by atoms with Crippen molar-refractivity contribution in [2.75, 3.05) is 27.9 Å². The second-order valence-electron chi connectivity index (χ2n) is 9.56. The molecule has 5 rings (SSSR count). The zero-order chi connectivity index (χ0) is 27.7. The summed E-state index contributed by atoms with van der Waals surface area (Å²) < 4.78 is 24.2. The number of rotatable bonds is 9. The number of aryl methyl sites for hydroxylation is 1. The van der Waals surface area contributed by atoms with Crippen molar-refractivity contribution in [2.24, 2.45) is 0 Å². The van der Waals surface area contributed by atoms with Crippen LogP contribution in [0.3, 0.4) is 0 Å². The van der Waals surface area contributed by atoms with Crippen molar-refractivity contribution in [3.8, 4) is 23.0 Å². The fourth-order valence-electron chi connectivity index (χ4n) is 5.28. The molecule has 204 valence electrons. The molecule has 1 N–H and O–H groups in total. The molecule has 1 amide bonds. The zero-order valence-electron chi connectivity index (χ0n) is 22.3. The summed E-state index contributed by atoms with van der Waals surface area (Å²) >= 11 is 0. The van der Waals surface area contributed by atoms with E-state index in [1.54, 1.807) is 36.8 Å². The SMILES string of the molecule is COc1cc([C@@H]2C(=C(O)c3ccc4c(c3)C[C@@H](C)O4)C(=O)C(=O)N2CCCn2ccnc2)cc(OC)c1OC. The Morgan fingerprint density at radius 2 is 1.82 bits per heavy atom. The molecule has 3 heterocycles. The largest absolute Gasteiger partial charge is 0.507 e. The third-order valence-corrected chi connectivity index (χ3v) is 7.09. The van der Waals surface area contributed by atoms with Gasteiger partial charge in [-0.05, 0) is 54.8 Å².